The van der Waals surface area contributed by atoms with E-state index < -0.39 is 0 Å². The number of rotatable bonds is 7. The van der Waals surface area contributed by atoms with Gasteiger partial charge in [0.2, 0.25) is 0 Å². The molecule has 0 aliphatic heterocycles. The largest absolute Gasteiger partial charge is 0.494 e. The minimum Gasteiger partial charge on any atom is -0.494 e. The van der Waals surface area contributed by atoms with Crippen molar-refractivity contribution in [1.82, 2.24) is 4.90 Å². The van der Waals surface area contributed by atoms with Gasteiger partial charge < -0.3 is 9.84 Å². The highest BCUT2D eigenvalue weighted by Crippen LogP contribution is 2.18. The summed E-state index contributed by atoms with van der Waals surface area (Å²) in [7, 11) is 1.46. The average molecular weight is 241 g/mol. The first-order valence-corrected chi connectivity index (χ1v) is 5.86. The summed E-state index contributed by atoms with van der Waals surface area (Å²) < 4.78 is 18.3. The second-order valence-corrected chi connectivity index (χ2v) is 3.91. The fourth-order valence-electron chi connectivity index (χ4n) is 1.71. The number of aliphatic hydroxyl groups excluding tert-OH is 1. The lowest BCUT2D eigenvalue weighted by atomic mass is 10.2. The van der Waals surface area contributed by atoms with Crippen LogP contribution in [0, 0.1) is 5.82 Å². The second-order valence-electron chi connectivity index (χ2n) is 3.91. The van der Waals surface area contributed by atoms with Crippen molar-refractivity contribution in [2.45, 2.75) is 19.9 Å². The molecule has 1 aromatic rings. The first kappa shape index (κ1) is 13.9. The molecule has 0 heterocycles. The number of hydrogen-bond acceptors (Lipinski definition) is 3. The Morgan fingerprint density at radius 2 is 2.18 bits per heavy atom. The van der Waals surface area contributed by atoms with E-state index >= 15 is 0 Å². The van der Waals surface area contributed by atoms with Gasteiger partial charge in [-0.3, -0.25) is 4.90 Å². The highest BCUT2D eigenvalue weighted by molar-refractivity contribution is 5.29. The van der Waals surface area contributed by atoms with E-state index in [0.29, 0.717) is 6.54 Å². The molecule has 0 atom stereocenters. The smallest absolute Gasteiger partial charge is 0.165 e. The van der Waals surface area contributed by atoms with Gasteiger partial charge in [0.25, 0.3) is 0 Å². The molecule has 4 heteroatoms. The minimum absolute atomic E-state index is 0.188. The molecule has 0 aliphatic carbocycles. The van der Waals surface area contributed by atoms with E-state index in [4.69, 9.17) is 9.84 Å². The van der Waals surface area contributed by atoms with Crippen molar-refractivity contribution in [3.63, 3.8) is 0 Å². The summed E-state index contributed by atoms with van der Waals surface area (Å²) in [5.74, 6) is -0.0598. The molecular formula is C13H20FNO2. The normalized spacial score (nSPS) is 10.9. The Morgan fingerprint density at radius 3 is 2.71 bits per heavy atom. The average Bonchev–Trinajstić information content (AvgIpc) is 2.34. The maximum absolute atomic E-state index is 13.5. The summed E-state index contributed by atoms with van der Waals surface area (Å²) in [5, 5.41) is 8.79. The highest BCUT2D eigenvalue weighted by Gasteiger charge is 2.07. The lowest BCUT2D eigenvalue weighted by Crippen LogP contribution is -2.24. The number of ether oxygens (including phenoxy) is 1. The zero-order valence-electron chi connectivity index (χ0n) is 10.4. The van der Waals surface area contributed by atoms with E-state index in [1.54, 1.807) is 6.07 Å². The van der Waals surface area contributed by atoms with Crippen LogP contribution in [0.25, 0.3) is 0 Å². The maximum atomic E-state index is 13.5. The Bertz CT molecular complexity index is 344. The summed E-state index contributed by atoms with van der Waals surface area (Å²) >= 11 is 0. The summed E-state index contributed by atoms with van der Waals surface area (Å²) in [6.07, 6.45) is 0.743. The Kier molecular flexibility index (Phi) is 5.94. The van der Waals surface area contributed by atoms with Crippen molar-refractivity contribution in [2.75, 3.05) is 26.8 Å². The van der Waals surface area contributed by atoms with Gasteiger partial charge >= 0.3 is 0 Å². The predicted molar refractivity (Wildman–Crippen MR) is 65.6 cm³/mol. The Labute approximate surface area is 102 Å². The van der Waals surface area contributed by atoms with Crippen molar-refractivity contribution in [3.05, 3.63) is 29.6 Å². The number of benzene rings is 1. The van der Waals surface area contributed by atoms with Crippen LogP contribution < -0.4 is 4.74 Å². The summed E-state index contributed by atoms with van der Waals surface area (Å²) in [4.78, 5) is 2.16. The van der Waals surface area contributed by atoms with Crippen LogP contribution in [0.4, 0.5) is 4.39 Å². The van der Waals surface area contributed by atoms with Crippen molar-refractivity contribution >= 4 is 0 Å². The van der Waals surface area contributed by atoms with Crippen LogP contribution in [0.15, 0.2) is 18.2 Å². The molecule has 0 saturated heterocycles. The first-order chi connectivity index (χ1) is 8.21. The van der Waals surface area contributed by atoms with Gasteiger partial charge in [-0.25, -0.2) is 4.39 Å². The fraction of sp³-hybridized carbons (Fsp3) is 0.538. The summed E-state index contributed by atoms with van der Waals surface area (Å²) in [5.41, 5.74) is 0.920. The summed E-state index contributed by atoms with van der Waals surface area (Å²) in [6, 6.07) is 5.01. The van der Waals surface area contributed by atoms with Crippen molar-refractivity contribution < 1.29 is 14.2 Å². The van der Waals surface area contributed by atoms with Crippen LogP contribution in [0.1, 0.15) is 18.9 Å². The molecule has 0 bridgehead atoms. The second kappa shape index (κ2) is 7.25. The Balaban J connectivity index is 2.63. The van der Waals surface area contributed by atoms with Crippen LogP contribution in [0.2, 0.25) is 0 Å². The van der Waals surface area contributed by atoms with Crippen LogP contribution in [-0.2, 0) is 6.54 Å². The molecule has 0 fully saturated rings. The number of methoxy groups -OCH3 is 1. The molecule has 0 aromatic heterocycles. The molecule has 1 aromatic carbocycles. The van der Waals surface area contributed by atoms with E-state index in [0.717, 1.165) is 25.1 Å². The molecule has 1 N–H and O–H groups in total. The van der Waals surface area contributed by atoms with Crippen LogP contribution in [0.3, 0.4) is 0 Å². The van der Waals surface area contributed by atoms with Gasteiger partial charge in [0.1, 0.15) is 0 Å². The Hall–Kier alpha value is -1.13. The zero-order chi connectivity index (χ0) is 12.7. The molecule has 1 rings (SSSR count). The molecule has 3 nitrogen and oxygen atoms in total. The van der Waals surface area contributed by atoms with Crippen LogP contribution >= 0.6 is 0 Å². The third-order valence-corrected chi connectivity index (χ3v) is 2.70. The molecular weight excluding hydrogens is 221 g/mol. The predicted octanol–water partition coefficient (Wildman–Crippen LogP) is 2.04. The van der Waals surface area contributed by atoms with E-state index in [1.165, 1.54) is 13.2 Å². The topological polar surface area (TPSA) is 32.7 Å². The molecule has 17 heavy (non-hydrogen) atoms. The standard InChI is InChI=1S/C13H20FNO2/c1-3-15(7-4-8-16)10-11-5-6-13(17-2)12(14)9-11/h5-6,9,16H,3-4,7-8,10H2,1-2H3. The quantitative estimate of drug-likeness (QED) is 0.793. The van der Waals surface area contributed by atoms with Gasteiger partial charge in [0, 0.05) is 19.7 Å². The van der Waals surface area contributed by atoms with E-state index in [2.05, 4.69) is 11.8 Å². The monoisotopic (exact) mass is 241 g/mol. The molecule has 0 unspecified atom stereocenters. The summed E-state index contributed by atoms with van der Waals surface area (Å²) in [6.45, 7) is 4.64. The molecule has 0 radical (unpaired) electrons. The van der Waals surface area contributed by atoms with Gasteiger partial charge in [0.15, 0.2) is 11.6 Å². The van der Waals surface area contributed by atoms with Crippen LogP contribution in [0.5, 0.6) is 5.75 Å². The number of hydrogen-bond donors (Lipinski definition) is 1. The number of nitrogens with zero attached hydrogens (tertiary/aromatic N) is 1. The number of halogens is 1. The third-order valence-electron chi connectivity index (χ3n) is 2.70. The lowest BCUT2D eigenvalue weighted by Gasteiger charge is -2.20. The minimum atomic E-state index is -0.330. The van der Waals surface area contributed by atoms with E-state index in [1.807, 2.05) is 6.07 Å². The van der Waals surface area contributed by atoms with Gasteiger partial charge in [-0.05, 0) is 30.7 Å². The van der Waals surface area contributed by atoms with Gasteiger partial charge in [-0.2, -0.15) is 0 Å². The fourth-order valence-corrected chi connectivity index (χ4v) is 1.71. The van der Waals surface area contributed by atoms with E-state index in [9.17, 15) is 4.39 Å². The molecule has 0 spiro atoms. The molecule has 0 aliphatic rings. The third kappa shape index (κ3) is 4.32. The lowest BCUT2D eigenvalue weighted by molar-refractivity contribution is 0.225. The SMILES string of the molecule is CCN(CCCO)Cc1ccc(OC)c(F)c1. The number of aliphatic hydroxyl groups is 1. The highest BCUT2D eigenvalue weighted by atomic mass is 19.1. The van der Waals surface area contributed by atoms with Gasteiger partial charge in [0.05, 0.1) is 7.11 Å². The molecule has 0 saturated carbocycles. The van der Waals surface area contributed by atoms with E-state index in [-0.39, 0.29) is 18.2 Å². The maximum Gasteiger partial charge on any atom is 0.165 e. The van der Waals surface area contributed by atoms with Crippen molar-refractivity contribution in [2.24, 2.45) is 0 Å². The molecule has 96 valence electrons. The Morgan fingerprint density at radius 1 is 1.41 bits per heavy atom. The first-order valence-electron chi connectivity index (χ1n) is 5.86. The molecule has 0 amide bonds. The van der Waals surface area contributed by atoms with Crippen molar-refractivity contribution in [3.8, 4) is 5.75 Å². The van der Waals surface area contributed by atoms with Gasteiger partial charge in [-0.1, -0.05) is 13.0 Å². The zero-order valence-corrected chi connectivity index (χ0v) is 10.4. The van der Waals surface area contributed by atoms with Gasteiger partial charge in [-0.15, -0.1) is 0 Å². The van der Waals surface area contributed by atoms with Crippen LogP contribution in [-0.4, -0.2) is 36.8 Å². The van der Waals surface area contributed by atoms with Crippen molar-refractivity contribution in [1.29, 1.82) is 0 Å².